The van der Waals surface area contributed by atoms with Crippen molar-refractivity contribution in [3.05, 3.63) is 29.3 Å². The first-order chi connectivity index (χ1) is 9.99. The summed E-state index contributed by atoms with van der Waals surface area (Å²) in [5.41, 5.74) is 2.52. The van der Waals surface area contributed by atoms with E-state index < -0.39 is 0 Å². The second-order valence-electron chi connectivity index (χ2n) is 6.26. The predicted octanol–water partition coefficient (Wildman–Crippen LogP) is 3.71. The van der Waals surface area contributed by atoms with E-state index in [0.717, 1.165) is 12.3 Å². The highest BCUT2D eigenvalue weighted by atomic mass is 16.5. The number of aryl methyl sites for hydroxylation is 1. The summed E-state index contributed by atoms with van der Waals surface area (Å²) in [6.45, 7) is 11.9. The number of hydrogen-bond acceptors (Lipinski definition) is 3. The zero-order valence-corrected chi connectivity index (χ0v) is 14.1. The molecule has 118 valence electrons. The van der Waals surface area contributed by atoms with E-state index in [1.807, 2.05) is 0 Å². The van der Waals surface area contributed by atoms with Gasteiger partial charge in [0.15, 0.2) is 0 Å². The quantitative estimate of drug-likeness (QED) is 0.897. The number of methoxy groups -OCH3 is 1. The standard InChI is InChI=1S/C18H29NO2/c1-7-19-18(17-12(3)13(4)21-14(17)5)15-10-11(2)8-9-16(15)20-6/h8-10,12-14,17-19H,7H2,1-6H3. The van der Waals surface area contributed by atoms with Gasteiger partial charge in [0.2, 0.25) is 0 Å². The van der Waals surface area contributed by atoms with E-state index in [-0.39, 0.29) is 12.1 Å². The second-order valence-corrected chi connectivity index (χ2v) is 6.26. The van der Waals surface area contributed by atoms with Crippen LogP contribution >= 0.6 is 0 Å². The van der Waals surface area contributed by atoms with Crippen LogP contribution in [0.2, 0.25) is 0 Å². The van der Waals surface area contributed by atoms with Gasteiger partial charge in [0.05, 0.1) is 19.3 Å². The zero-order valence-electron chi connectivity index (χ0n) is 14.1. The molecule has 0 amide bonds. The van der Waals surface area contributed by atoms with Gasteiger partial charge in [-0.3, -0.25) is 0 Å². The van der Waals surface area contributed by atoms with Crippen LogP contribution in [0, 0.1) is 18.8 Å². The molecule has 1 N–H and O–H groups in total. The molecule has 1 aliphatic heterocycles. The fourth-order valence-corrected chi connectivity index (χ4v) is 3.64. The highest BCUT2D eigenvalue weighted by Crippen LogP contribution is 2.43. The van der Waals surface area contributed by atoms with Crippen molar-refractivity contribution in [2.75, 3.05) is 13.7 Å². The molecular weight excluding hydrogens is 262 g/mol. The molecule has 3 nitrogen and oxygen atoms in total. The molecule has 0 radical (unpaired) electrons. The molecule has 0 saturated carbocycles. The van der Waals surface area contributed by atoms with Gasteiger partial charge in [-0.2, -0.15) is 0 Å². The molecule has 3 heteroatoms. The van der Waals surface area contributed by atoms with Crippen LogP contribution in [0.25, 0.3) is 0 Å². The summed E-state index contributed by atoms with van der Waals surface area (Å²) >= 11 is 0. The van der Waals surface area contributed by atoms with Gasteiger partial charge in [0.25, 0.3) is 0 Å². The molecule has 1 aromatic carbocycles. The lowest BCUT2D eigenvalue weighted by Crippen LogP contribution is -2.35. The summed E-state index contributed by atoms with van der Waals surface area (Å²) in [5, 5.41) is 3.66. The van der Waals surface area contributed by atoms with Crippen molar-refractivity contribution in [3.63, 3.8) is 0 Å². The molecule has 0 aliphatic carbocycles. The van der Waals surface area contributed by atoms with Crippen molar-refractivity contribution in [1.82, 2.24) is 5.32 Å². The summed E-state index contributed by atoms with van der Waals surface area (Å²) in [4.78, 5) is 0. The Morgan fingerprint density at radius 2 is 1.95 bits per heavy atom. The SMILES string of the molecule is CCNC(c1cc(C)ccc1OC)C1C(C)OC(C)C1C. The highest BCUT2D eigenvalue weighted by molar-refractivity contribution is 5.40. The number of hydrogen-bond donors (Lipinski definition) is 1. The Morgan fingerprint density at radius 1 is 1.24 bits per heavy atom. The summed E-state index contributed by atoms with van der Waals surface area (Å²) in [6, 6.07) is 6.68. The van der Waals surface area contributed by atoms with E-state index in [1.54, 1.807) is 7.11 Å². The molecule has 1 saturated heterocycles. The van der Waals surface area contributed by atoms with E-state index >= 15 is 0 Å². The lowest BCUT2D eigenvalue weighted by Gasteiger charge is -2.31. The van der Waals surface area contributed by atoms with Crippen LogP contribution in [0.5, 0.6) is 5.75 Å². The Morgan fingerprint density at radius 3 is 2.48 bits per heavy atom. The number of rotatable bonds is 5. The topological polar surface area (TPSA) is 30.5 Å². The molecule has 0 spiro atoms. The van der Waals surface area contributed by atoms with Gasteiger partial charge in [0, 0.05) is 17.5 Å². The summed E-state index contributed by atoms with van der Waals surface area (Å²) < 4.78 is 11.7. The minimum absolute atomic E-state index is 0.254. The molecular formula is C18H29NO2. The number of ether oxygens (including phenoxy) is 2. The minimum Gasteiger partial charge on any atom is -0.496 e. The molecule has 1 heterocycles. The smallest absolute Gasteiger partial charge is 0.123 e. The Bertz CT molecular complexity index is 474. The maximum atomic E-state index is 6.06. The third-order valence-corrected chi connectivity index (χ3v) is 4.85. The minimum atomic E-state index is 0.254. The molecule has 2 rings (SSSR count). The molecule has 5 unspecified atom stereocenters. The van der Waals surface area contributed by atoms with Crippen LogP contribution in [0.15, 0.2) is 18.2 Å². The third-order valence-electron chi connectivity index (χ3n) is 4.85. The Kier molecular flexibility index (Phi) is 5.28. The largest absolute Gasteiger partial charge is 0.496 e. The van der Waals surface area contributed by atoms with Crippen molar-refractivity contribution in [3.8, 4) is 5.75 Å². The molecule has 1 aromatic rings. The van der Waals surface area contributed by atoms with Crippen LogP contribution in [0.3, 0.4) is 0 Å². The second kappa shape index (κ2) is 6.80. The average Bonchev–Trinajstić information content (AvgIpc) is 2.70. The van der Waals surface area contributed by atoms with Crippen molar-refractivity contribution in [2.45, 2.75) is 52.9 Å². The van der Waals surface area contributed by atoms with Crippen LogP contribution in [0.1, 0.15) is 44.9 Å². The van der Waals surface area contributed by atoms with Gasteiger partial charge in [-0.25, -0.2) is 0 Å². The lowest BCUT2D eigenvalue weighted by molar-refractivity contribution is 0.0475. The highest BCUT2D eigenvalue weighted by Gasteiger charge is 2.42. The molecule has 1 aliphatic rings. The maximum Gasteiger partial charge on any atom is 0.123 e. The van der Waals surface area contributed by atoms with E-state index in [4.69, 9.17) is 9.47 Å². The number of nitrogens with one attached hydrogen (secondary N) is 1. The lowest BCUT2D eigenvalue weighted by atomic mass is 9.80. The fourth-order valence-electron chi connectivity index (χ4n) is 3.64. The molecule has 21 heavy (non-hydrogen) atoms. The fraction of sp³-hybridized carbons (Fsp3) is 0.667. The summed E-state index contributed by atoms with van der Waals surface area (Å²) in [5.74, 6) is 1.94. The summed E-state index contributed by atoms with van der Waals surface area (Å²) in [6.07, 6.45) is 0.561. The maximum absolute atomic E-state index is 6.06. The Hall–Kier alpha value is -1.06. The zero-order chi connectivity index (χ0) is 15.6. The van der Waals surface area contributed by atoms with Crippen LogP contribution in [-0.2, 0) is 4.74 Å². The van der Waals surface area contributed by atoms with Gasteiger partial charge >= 0.3 is 0 Å². The first-order valence-corrected chi connectivity index (χ1v) is 8.03. The van der Waals surface area contributed by atoms with Crippen molar-refractivity contribution in [2.24, 2.45) is 11.8 Å². The van der Waals surface area contributed by atoms with Crippen LogP contribution in [-0.4, -0.2) is 25.9 Å². The number of benzene rings is 1. The molecule has 0 aromatic heterocycles. The van der Waals surface area contributed by atoms with Crippen molar-refractivity contribution in [1.29, 1.82) is 0 Å². The normalized spacial score (nSPS) is 30.4. The van der Waals surface area contributed by atoms with E-state index in [0.29, 0.717) is 17.9 Å². The molecule has 0 bridgehead atoms. The van der Waals surface area contributed by atoms with Gasteiger partial charge in [-0.15, -0.1) is 0 Å². The molecule has 5 atom stereocenters. The van der Waals surface area contributed by atoms with Crippen LogP contribution in [0.4, 0.5) is 0 Å². The average molecular weight is 291 g/mol. The Labute approximate surface area is 129 Å². The first kappa shape index (κ1) is 16.3. The summed E-state index contributed by atoms with van der Waals surface area (Å²) in [7, 11) is 1.75. The van der Waals surface area contributed by atoms with Crippen LogP contribution < -0.4 is 10.1 Å². The first-order valence-electron chi connectivity index (χ1n) is 8.03. The monoisotopic (exact) mass is 291 g/mol. The van der Waals surface area contributed by atoms with E-state index in [1.165, 1.54) is 11.1 Å². The third kappa shape index (κ3) is 3.24. The van der Waals surface area contributed by atoms with Gasteiger partial charge in [-0.1, -0.05) is 31.5 Å². The van der Waals surface area contributed by atoms with Gasteiger partial charge in [-0.05, 0) is 39.3 Å². The predicted molar refractivity (Wildman–Crippen MR) is 86.8 cm³/mol. The van der Waals surface area contributed by atoms with Gasteiger partial charge in [0.1, 0.15) is 5.75 Å². The van der Waals surface area contributed by atoms with Crippen molar-refractivity contribution < 1.29 is 9.47 Å². The molecule has 1 fully saturated rings. The Balaban J connectivity index is 2.41. The van der Waals surface area contributed by atoms with E-state index in [2.05, 4.69) is 58.1 Å². The van der Waals surface area contributed by atoms with Crippen molar-refractivity contribution >= 4 is 0 Å². The van der Waals surface area contributed by atoms with Gasteiger partial charge < -0.3 is 14.8 Å². The van der Waals surface area contributed by atoms with E-state index in [9.17, 15) is 0 Å².